The SMILES string of the molecule is O=S(=O)(F)c1cccc(N2CCOCC2)c1. The van der Waals surface area contributed by atoms with Crippen LogP contribution in [-0.2, 0) is 15.0 Å². The van der Waals surface area contributed by atoms with Gasteiger partial charge in [0.25, 0.3) is 0 Å². The van der Waals surface area contributed by atoms with Crippen molar-refractivity contribution in [3.63, 3.8) is 0 Å². The van der Waals surface area contributed by atoms with Crippen LogP contribution >= 0.6 is 0 Å². The van der Waals surface area contributed by atoms with E-state index in [2.05, 4.69) is 0 Å². The Morgan fingerprint density at radius 1 is 1.25 bits per heavy atom. The van der Waals surface area contributed by atoms with Crippen molar-refractivity contribution in [2.24, 2.45) is 0 Å². The average Bonchev–Trinajstić information content (AvgIpc) is 2.29. The van der Waals surface area contributed by atoms with Gasteiger partial charge in [-0.1, -0.05) is 6.07 Å². The van der Waals surface area contributed by atoms with Gasteiger partial charge in [-0.05, 0) is 18.2 Å². The number of hydrogen-bond donors (Lipinski definition) is 0. The molecule has 0 saturated carbocycles. The fourth-order valence-electron chi connectivity index (χ4n) is 1.65. The summed E-state index contributed by atoms with van der Waals surface area (Å²) in [6.45, 7) is 2.59. The summed E-state index contributed by atoms with van der Waals surface area (Å²) >= 11 is 0. The Morgan fingerprint density at radius 2 is 1.94 bits per heavy atom. The number of halogens is 1. The first-order valence-corrected chi connectivity index (χ1v) is 6.33. The van der Waals surface area contributed by atoms with Crippen molar-refractivity contribution < 1.29 is 17.0 Å². The van der Waals surface area contributed by atoms with E-state index in [1.165, 1.54) is 18.2 Å². The van der Waals surface area contributed by atoms with Crippen LogP contribution in [0.5, 0.6) is 0 Å². The molecule has 6 heteroatoms. The molecule has 16 heavy (non-hydrogen) atoms. The Kier molecular flexibility index (Phi) is 3.11. The number of benzene rings is 1. The van der Waals surface area contributed by atoms with Gasteiger partial charge in [0.1, 0.15) is 4.90 Å². The second kappa shape index (κ2) is 4.39. The summed E-state index contributed by atoms with van der Waals surface area (Å²) in [4.78, 5) is 1.68. The van der Waals surface area contributed by atoms with Crippen LogP contribution in [0.25, 0.3) is 0 Å². The van der Waals surface area contributed by atoms with Crippen molar-refractivity contribution in [2.45, 2.75) is 4.90 Å². The lowest BCUT2D eigenvalue weighted by Crippen LogP contribution is -2.36. The van der Waals surface area contributed by atoms with E-state index < -0.39 is 10.2 Å². The molecule has 0 amide bonds. The van der Waals surface area contributed by atoms with E-state index in [1.807, 2.05) is 4.90 Å². The molecule has 0 atom stereocenters. The Balaban J connectivity index is 2.28. The molecule has 4 nitrogen and oxygen atoms in total. The van der Waals surface area contributed by atoms with E-state index >= 15 is 0 Å². The third-order valence-electron chi connectivity index (χ3n) is 2.48. The maximum atomic E-state index is 12.8. The number of nitrogens with zero attached hydrogens (tertiary/aromatic N) is 1. The Hall–Kier alpha value is -1.14. The summed E-state index contributed by atoms with van der Waals surface area (Å²) in [7, 11) is -4.62. The monoisotopic (exact) mass is 245 g/mol. The van der Waals surface area contributed by atoms with Crippen molar-refractivity contribution in [2.75, 3.05) is 31.2 Å². The van der Waals surface area contributed by atoms with Gasteiger partial charge in [0.2, 0.25) is 0 Å². The summed E-state index contributed by atoms with van der Waals surface area (Å²) in [6, 6.07) is 5.90. The highest BCUT2D eigenvalue weighted by Gasteiger charge is 2.16. The number of hydrogen-bond acceptors (Lipinski definition) is 4. The second-order valence-electron chi connectivity index (χ2n) is 3.53. The molecule has 1 fully saturated rings. The van der Waals surface area contributed by atoms with E-state index in [4.69, 9.17) is 4.74 Å². The Morgan fingerprint density at radius 3 is 2.56 bits per heavy atom. The minimum absolute atomic E-state index is 0.295. The Labute approximate surface area is 93.8 Å². The predicted molar refractivity (Wildman–Crippen MR) is 57.8 cm³/mol. The largest absolute Gasteiger partial charge is 0.378 e. The van der Waals surface area contributed by atoms with Crippen LogP contribution in [0.2, 0.25) is 0 Å². The molecule has 2 rings (SSSR count). The highest BCUT2D eigenvalue weighted by atomic mass is 32.3. The summed E-state index contributed by atoms with van der Waals surface area (Å²) in [5, 5.41) is 0. The van der Waals surface area contributed by atoms with Gasteiger partial charge >= 0.3 is 10.2 Å². The molecule has 1 aromatic rings. The highest BCUT2D eigenvalue weighted by Crippen LogP contribution is 2.21. The zero-order chi connectivity index (χ0) is 11.6. The molecule has 1 heterocycles. The van der Waals surface area contributed by atoms with Gasteiger partial charge in [-0.15, -0.1) is 3.89 Å². The first kappa shape index (κ1) is 11.3. The fraction of sp³-hybridized carbons (Fsp3) is 0.400. The van der Waals surface area contributed by atoms with Crippen molar-refractivity contribution in [1.29, 1.82) is 0 Å². The molecule has 1 saturated heterocycles. The molecular formula is C10H12FNO3S. The van der Waals surface area contributed by atoms with Crippen molar-refractivity contribution >= 4 is 15.9 Å². The average molecular weight is 245 g/mol. The zero-order valence-corrected chi connectivity index (χ0v) is 9.41. The highest BCUT2D eigenvalue weighted by molar-refractivity contribution is 7.86. The van der Waals surface area contributed by atoms with Gasteiger partial charge in [-0.3, -0.25) is 0 Å². The minimum Gasteiger partial charge on any atom is -0.378 e. The summed E-state index contributed by atoms with van der Waals surface area (Å²) in [5.41, 5.74) is 0.710. The van der Waals surface area contributed by atoms with Gasteiger partial charge in [0, 0.05) is 18.8 Å². The van der Waals surface area contributed by atoms with E-state index in [0.29, 0.717) is 32.0 Å². The Bertz CT molecular complexity index is 469. The van der Waals surface area contributed by atoms with Crippen LogP contribution in [0.4, 0.5) is 9.57 Å². The molecule has 0 radical (unpaired) electrons. The molecule has 0 bridgehead atoms. The van der Waals surface area contributed by atoms with Gasteiger partial charge < -0.3 is 9.64 Å². The van der Waals surface area contributed by atoms with Crippen LogP contribution in [0.1, 0.15) is 0 Å². The third-order valence-corrected chi connectivity index (χ3v) is 3.29. The van der Waals surface area contributed by atoms with E-state index in [9.17, 15) is 12.3 Å². The number of morpholine rings is 1. The van der Waals surface area contributed by atoms with E-state index in [-0.39, 0.29) is 4.90 Å². The van der Waals surface area contributed by atoms with Crippen molar-refractivity contribution in [3.05, 3.63) is 24.3 Å². The maximum absolute atomic E-state index is 12.8. The minimum atomic E-state index is -4.62. The summed E-state index contributed by atoms with van der Waals surface area (Å²) in [5.74, 6) is 0. The quantitative estimate of drug-likeness (QED) is 0.734. The lowest BCUT2D eigenvalue weighted by molar-refractivity contribution is 0.122. The normalized spacial score (nSPS) is 17.4. The molecule has 1 aliphatic rings. The molecule has 1 aliphatic heterocycles. The molecule has 0 aliphatic carbocycles. The lowest BCUT2D eigenvalue weighted by Gasteiger charge is -2.28. The first-order valence-electron chi connectivity index (χ1n) is 4.95. The van der Waals surface area contributed by atoms with Crippen LogP contribution in [0.15, 0.2) is 29.2 Å². The number of rotatable bonds is 2. The van der Waals surface area contributed by atoms with E-state index in [0.717, 1.165) is 0 Å². The van der Waals surface area contributed by atoms with Crippen LogP contribution in [0, 0.1) is 0 Å². The molecule has 0 spiro atoms. The summed E-state index contributed by atoms with van der Waals surface area (Å²) < 4.78 is 39.5. The molecule has 1 aromatic carbocycles. The number of ether oxygens (including phenoxy) is 1. The fourth-order valence-corrected chi connectivity index (χ4v) is 2.16. The molecular weight excluding hydrogens is 233 g/mol. The topological polar surface area (TPSA) is 46.6 Å². The second-order valence-corrected chi connectivity index (χ2v) is 4.88. The van der Waals surface area contributed by atoms with Crippen molar-refractivity contribution in [3.8, 4) is 0 Å². The molecule has 0 aromatic heterocycles. The summed E-state index contributed by atoms with van der Waals surface area (Å²) in [6.07, 6.45) is 0. The third kappa shape index (κ3) is 2.51. The predicted octanol–water partition coefficient (Wildman–Crippen LogP) is 1.18. The van der Waals surface area contributed by atoms with Gasteiger partial charge in [-0.25, -0.2) is 0 Å². The zero-order valence-electron chi connectivity index (χ0n) is 8.60. The smallest absolute Gasteiger partial charge is 0.332 e. The standard InChI is InChI=1S/C10H12FNO3S/c11-16(13,14)10-3-1-2-9(8-10)12-4-6-15-7-5-12/h1-3,8H,4-7H2. The molecule has 0 N–H and O–H groups in total. The van der Waals surface area contributed by atoms with E-state index in [1.54, 1.807) is 6.07 Å². The molecule has 0 unspecified atom stereocenters. The molecule has 88 valence electrons. The first-order chi connectivity index (χ1) is 7.57. The lowest BCUT2D eigenvalue weighted by atomic mass is 10.2. The maximum Gasteiger partial charge on any atom is 0.332 e. The van der Waals surface area contributed by atoms with Crippen molar-refractivity contribution in [1.82, 2.24) is 0 Å². The van der Waals surface area contributed by atoms with Gasteiger partial charge in [0.15, 0.2) is 0 Å². The van der Waals surface area contributed by atoms with Crippen LogP contribution < -0.4 is 4.90 Å². The van der Waals surface area contributed by atoms with Crippen LogP contribution in [-0.4, -0.2) is 34.7 Å². The number of anilines is 1. The van der Waals surface area contributed by atoms with Gasteiger partial charge in [0.05, 0.1) is 13.2 Å². The van der Waals surface area contributed by atoms with Gasteiger partial charge in [-0.2, -0.15) is 8.42 Å². The van der Waals surface area contributed by atoms with Crippen LogP contribution in [0.3, 0.4) is 0 Å².